The molecule has 0 N–H and O–H groups in total. The summed E-state index contributed by atoms with van der Waals surface area (Å²) in [4.78, 5) is 0. The minimum absolute atomic E-state index is 0.234. The fourth-order valence-electron chi connectivity index (χ4n) is 0.856. The van der Waals surface area contributed by atoms with Gasteiger partial charge in [-0.15, -0.1) is 0 Å². The SMILES string of the molecule is CC(C)OC1SSC1OC(C)C. The molecule has 72 valence electrons. The summed E-state index contributed by atoms with van der Waals surface area (Å²) in [6.07, 6.45) is 0.586. The molecule has 0 radical (unpaired) electrons. The summed E-state index contributed by atoms with van der Waals surface area (Å²) >= 11 is 0. The highest BCUT2D eigenvalue weighted by atomic mass is 33.1. The predicted octanol–water partition coefficient (Wildman–Crippen LogP) is 2.88. The first kappa shape index (κ1) is 10.7. The van der Waals surface area contributed by atoms with Crippen molar-refractivity contribution in [3.05, 3.63) is 0 Å². The quantitative estimate of drug-likeness (QED) is 0.661. The summed E-state index contributed by atoms with van der Waals surface area (Å²) in [7, 11) is 3.51. The predicted molar refractivity (Wildman–Crippen MR) is 55.2 cm³/mol. The van der Waals surface area contributed by atoms with Crippen LogP contribution in [-0.4, -0.2) is 23.1 Å². The molecule has 0 aromatic heterocycles. The Bertz CT molecular complexity index is 123. The minimum atomic E-state index is 0.234. The van der Waals surface area contributed by atoms with Gasteiger partial charge in [-0.2, -0.15) is 0 Å². The molecule has 1 aliphatic heterocycles. The topological polar surface area (TPSA) is 18.5 Å². The van der Waals surface area contributed by atoms with Gasteiger partial charge < -0.3 is 9.47 Å². The van der Waals surface area contributed by atoms with Gasteiger partial charge in [-0.25, -0.2) is 0 Å². The summed E-state index contributed by atoms with van der Waals surface area (Å²) < 4.78 is 11.2. The van der Waals surface area contributed by atoms with Crippen molar-refractivity contribution in [3.8, 4) is 0 Å². The molecule has 0 aromatic carbocycles. The second-order valence-corrected chi connectivity index (χ2v) is 5.77. The standard InChI is InChI=1S/C8H16O2S2/c1-5(2)9-7-8(12-11-7)10-6(3)4/h5-8H,1-4H3. The zero-order valence-corrected chi connectivity index (χ0v) is 9.58. The van der Waals surface area contributed by atoms with Crippen molar-refractivity contribution in [2.24, 2.45) is 0 Å². The molecule has 1 aliphatic rings. The van der Waals surface area contributed by atoms with E-state index in [1.165, 1.54) is 0 Å². The highest BCUT2D eigenvalue weighted by Crippen LogP contribution is 2.49. The Morgan fingerprint density at radius 2 is 1.17 bits per heavy atom. The van der Waals surface area contributed by atoms with Crippen LogP contribution in [0, 0.1) is 0 Å². The first-order valence-electron chi connectivity index (χ1n) is 4.22. The van der Waals surface area contributed by atoms with E-state index in [-0.39, 0.29) is 10.9 Å². The molecule has 0 spiro atoms. The second-order valence-electron chi connectivity index (χ2n) is 3.30. The van der Waals surface area contributed by atoms with Gasteiger partial charge >= 0.3 is 0 Å². The van der Waals surface area contributed by atoms with Gasteiger partial charge in [0.1, 0.15) is 10.9 Å². The van der Waals surface area contributed by atoms with Crippen LogP contribution in [0.4, 0.5) is 0 Å². The molecule has 1 rings (SSSR count). The Morgan fingerprint density at radius 1 is 0.833 bits per heavy atom. The van der Waals surface area contributed by atoms with E-state index in [9.17, 15) is 0 Å². The van der Waals surface area contributed by atoms with E-state index in [2.05, 4.69) is 27.7 Å². The molecule has 0 aliphatic carbocycles. The molecule has 0 saturated carbocycles. The lowest BCUT2D eigenvalue weighted by atomic mass is 10.5. The average molecular weight is 208 g/mol. The summed E-state index contributed by atoms with van der Waals surface area (Å²) in [6.45, 7) is 8.21. The fraction of sp³-hybridized carbons (Fsp3) is 1.00. The first-order chi connectivity index (χ1) is 5.59. The Labute approximate surface area is 82.2 Å². The minimum Gasteiger partial charge on any atom is -0.360 e. The van der Waals surface area contributed by atoms with E-state index in [0.29, 0.717) is 12.2 Å². The maximum absolute atomic E-state index is 5.62. The lowest BCUT2D eigenvalue weighted by Crippen LogP contribution is -2.35. The van der Waals surface area contributed by atoms with E-state index in [1.54, 1.807) is 21.6 Å². The van der Waals surface area contributed by atoms with Crippen molar-refractivity contribution in [3.63, 3.8) is 0 Å². The number of hydrogen-bond donors (Lipinski definition) is 0. The molecule has 0 bridgehead atoms. The Hall–Kier alpha value is 0.620. The molecule has 1 fully saturated rings. The van der Waals surface area contributed by atoms with Gasteiger partial charge in [0.2, 0.25) is 0 Å². The lowest BCUT2D eigenvalue weighted by molar-refractivity contribution is -0.0369. The van der Waals surface area contributed by atoms with Gasteiger partial charge in [-0.05, 0) is 27.7 Å². The van der Waals surface area contributed by atoms with Crippen LogP contribution in [0.3, 0.4) is 0 Å². The summed E-state index contributed by atoms with van der Waals surface area (Å²) in [5.41, 5.74) is 0.467. The van der Waals surface area contributed by atoms with Gasteiger partial charge in [-0.1, -0.05) is 21.6 Å². The molecule has 0 aromatic rings. The third-order valence-electron chi connectivity index (χ3n) is 1.28. The maximum Gasteiger partial charge on any atom is 0.149 e. The summed E-state index contributed by atoms with van der Waals surface area (Å²) in [5.74, 6) is 0. The second kappa shape index (κ2) is 4.74. The fourth-order valence-corrected chi connectivity index (χ4v) is 2.96. The zero-order valence-electron chi connectivity index (χ0n) is 7.94. The van der Waals surface area contributed by atoms with Crippen molar-refractivity contribution in [2.75, 3.05) is 0 Å². The Kier molecular flexibility index (Phi) is 4.23. The monoisotopic (exact) mass is 208 g/mol. The van der Waals surface area contributed by atoms with Crippen LogP contribution in [0.25, 0.3) is 0 Å². The largest absolute Gasteiger partial charge is 0.360 e. The smallest absolute Gasteiger partial charge is 0.149 e. The van der Waals surface area contributed by atoms with E-state index >= 15 is 0 Å². The summed E-state index contributed by atoms with van der Waals surface area (Å²) in [5, 5.41) is 0. The van der Waals surface area contributed by atoms with Gasteiger partial charge in [0.05, 0.1) is 12.2 Å². The molecule has 4 heteroatoms. The van der Waals surface area contributed by atoms with Crippen LogP contribution < -0.4 is 0 Å². The molecule has 2 atom stereocenters. The molecule has 0 amide bonds. The van der Waals surface area contributed by atoms with E-state index in [0.717, 1.165) is 0 Å². The van der Waals surface area contributed by atoms with E-state index in [1.807, 2.05) is 0 Å². The van der Waals surface area contributed by atoms with Crippen LogP contribution in [0.5, 0.6) is 0 Å². The molecular weight excluding hydrogens is 192 g/mol. The van der Waals surface area contributed by atoms with Crippen molar-refractivity contribution in [1.29, 1.82) is 0 Å². The Morgan fingerprint density at radius 3 is 1.33 bits per heavy atom. The zero-order chi connectivity index (χ0) is 9.14. The van der Waals surface area contributed by atoms with Gasteiger partial charge in [0.15, 0.2) is 0 Å². The van der Waals surface area contributed by atoms with Gasteiger partial charge in [0.25, 0.3) is 0 Å². The average Bonchev–Trinajstić information content (AvgIpc) is 1.93. The van der Waals surface area contributed by atoms with Crippen molar-refractivity contribution < 1.29 is 9.47 Å². The third-order valence-corrected chi connectivity index (χ3v) is 4.13. The Balaban J connectivity index is 2.20. The molecule has 1 saturated heterocycles. The van der Waals surface area contributed by atoms with E-state index in [4.69, 9.17) is 9.47 Å². The van der Waals surface area contributed by atoms with Crippen LogP contribution in [0.2, 0.25) is 0 Å². The highest BCUT2D eigenvalue weighted by Gasteiger charge is 2.36. The van der Waals surface area contributed by atoms with Crippen molar-refractivity contribution in [1.82, 2.24) is 0 Å². The van der Waals surface area contributed by atoms with Crippen LogP contribution in [0.15, 0.2) is 0 Å². The van der Waals surface area contributed by atoms with Crippen LogP contribution in [-0.2, 0) is 9.47 Å². The molecule has 2 unspecified atom stereocenters. The summed E-state index contributed by atoms with van der Waals surface area (Å²) in [6, 6.07) is 0. The highest BCUT2D eigenvalue weighted by molar-refractivity contribution is 8.79. The molecule has 12 heavy (non-hydrogen) atoms. The van der Waals surface area contributed by atoms with Gasteiger partial charge in [-0.3, -0.25) is 0 Å². The molecular formula is C8H16O2S2. The number of hydrogen-bond acceptors (Lipinski definition) is 4. The molecule has 2 nitrogen and oxygen atoms in total. The number of ether oxygens (including phenoxy) is 2. The van der Waals surface area contributed by atoms with E-state index < -0.39 is 0 Å². The van der Waals surface area contributed by atoms with Crippen molar-refractivity contribution in [2.45, 2.75) is 50.8 Å². The third kappa shape index (κ3) is 3.17. The maximum atomic E-state index is 5.62. The first-order valence-corrected chi connectivity index (χ1v) is 6.50. The number of rotatable bonds is 4. The molecule has 1 heterocycles. The van der Waals surface area contributed by atoms with Crippen LogP contribution >= 0.6 is 21.6 Å². The van der Waals surface area contributed by atoms with Crippen LogP contribution in [0.1, 0.15) is 27.7 Å². The van der Waals surface area contributed by atoms with Gasteiger partial charge in [0, 0.05) is 0 Å². The van der Waals surface area contributed by atoms with Crippen molar-refractivity contribution >= 4 is 21.6 Å². The lowest BCUT2D eigenvalue weighted by Gasteiger charge is -2.36. The normalized spacial score (nSPS) is 29.5.